The number of hydrogen-bond acceptors (Lipinski definition) is 5. The SMILES string of the molecule is COc1ccc2cc3cc(C(=O)NCCCOC(C)C)sc3nc2c1. The molecule has 0 aliphatic heterocycles. The molecule has 3 rings (SSSR count). The fourth-order valence-electron chi connectivity index (χ4n) is 2.52. The zero-order chi connectivity index (χ0) is 17.8. The summed E-state index contributed by atoms with van der Waals surface area (Å²) in [5.74, 6) is 0.715. The summed E-state index contributed by atoms with van der Waals surface area (Å²) in [7, 11) is 1.64. The Bertz CT molecular complexity index is 889. The third-order valence-electron chi connectivity index (χ3n) is 3.79. The number of fused-ring (bicyclic) bond motifs is 2. The number of carbonyl (C=O) groups is 1. The highest BCUT2D eigenvalue weighted by Gasteiger charge is 2.12. The number of aromatic nitrogens is 1. The van der Waals surface area contributed by atoms with E-state index in [-0.39, 0.29) is 12.0 Å². The van der Waals surface area contributed by atoms with Gasteiger partial charge in [-0.15, -0.1) is 11.3 Å². The molecule has 2 aromatic heterocycles. The minimum absolute atomic E-state index is 0.0609. The van der Waals surface area contributed by atoms with Gasteiger partial charge in [0, 0.05) is 30.0 Å². The molecule has 2 heterocycles. The lowest BCUT2D eigenvalue weighted by atomic mass is 10.2. The monoisotopic (exact) mass is 358 g/mol. The van der Waals surface area contributed by atoms with Crippen LogP contribution in [0, 0.1) is 0 Å². The molecule has 25 heavy (non-hydrogen) atoms. The van der Waals surface area contributed by atoms with Crippen molar-refractivity contribution < 1.29 is 14.3 Å². The smallest absolute Gasteiger partial charge is 0.261 e. The fourth-order valence-corrected chi connectivity index (χ4v) is 3.46. The Balaban J connectivity index is 1.71. The molecule has 0 atom stereocenters. The third kappa shape index (κ3) is 4.27. The lowest BCUT2D eigenvalue weighted by Crippen LogP contribution is -2.24. The number of amides is 1. The molecule has 3 aromatic rings. The van der Waals surface area contributed by atoms with Crippen LogP contribution in [0.3, 0.4) is 0 Å². The van der Waals surface area contributed by atoms with Crippen LogP contribution in [0.4, 0.5) is 0 Å². The number of nitrogens with one attached hydrogen (secondary N) is 1. The van der Waals surface area contributed by atoms with Gasteiger partial charge in [-0.25, -0.2) is 4.98 Å². The van der Waals surface area contributed by atoms with Crippen molar-refractivity contribution in [1.82, 2.24) is 10.3 Å². The van der Waals surface area contributed by atoms with Gasteiger partial charge < -0.3 is 14.8 Å². The quantitative estimate of drug-likeness (QED) is 0.649. The molecule has 0 radical (unpaired) electrons. The molecule has 0 saturated heterocycles. The van der Waals surface area contributed by atoms with Gasteiger partial charge in [-0.05, 0) is 44.5 Å². The van der Waals surface area contributed by atoms with Crippen LogP contribution >= 0.6 is 11.3 Å². The van der Waals surface area contributed by atoms with Crippen LogP contribution in [0.5, 0.6) is 5.75 Å². The van der Waals surface area contributed by atoms with Crippen LogP contribution in [0.15, 0.2) is 30.3 Å². The summed E-state index contributed by atoms with van der Waals surface area (Å²) in [5.41, 5.74) is 0.867. The standard InChI is InChI=1S/C19H22N2O3S/c1-12(2)24-8-4-7-20-18(22)17-10-14-9-13-5-6-15(23-3)11-16(13)21-19(14)25-17/h5-6,9-12H,4,7-8H2,1-3H3,(H,20,22). The van der Waals surface area contributed by atoms with Crippen molar-refractivity contribution in [3.8, 4) is 5.75 Å². The molecule has 0 bridgehead atoms. The number of benzene rings is 1. The van der Waals surface area contributed by atoms with Gasteiger partial charge in [-0.1, -0.05) is 0 Å². The molecule has 6 heteroatoms. The second-order valence-electron chi connectivity index (χ2n) is 6.08. The summed E-state index contributed by atoms with van der Waals surface area (Å²) in [6, 6.07) is 9.75. The van der Waals surface area contributed by atoms with Crippen LogP contribution < -0.4 is 10.1 Å². The Morgan fingerprint density at radius 3 is 2.84 bits per heavy atom. The number of thiophene rings is 1. The zero-order valence-electron chi connectivity index (χ0n) is 14.7. The first-order valence-corrected chi connectivity index (χ1v) is 9.16. The topological polar surface area (TPSA) is 60.5 Å². The van der Waals surface area contributed by atoms with Crippen molar-refractivity contribution in [3.63, 3.8) is 0 Å². The van der Waals surface area contributed by atoms with Crippen molar-refractivity contribution in [1.29, 1.82) is 0 Å². The van der Waals surface area contributed by atoms with E-state index >= 15 is 0 Å². The van der Waals surface area contributed by atoms with Crippen LogP contribution in [-0.4, -0.2) is 37.3 Å². The molecule has 0 unspecified atom stereocenters. The summed E-state index contributed by atoms with van der Waals surface area (Å²) in [4.78, 5) is 18.5. The largest absolute Gasteiger partial charge is 0.497 e. The zero-order valence-corrected chi connectivity index (χ0v) is 15.5. The van der Waals surface area contributed by atoms with Gasteiger partial charge in [0.1, 0.15) is 10.6 Å². The molecular weight excluding hydrogens is 336 g/mol. The minimum Gasteiger partial charge on any atom is -0.497 e. The maximum absolute atomic E-state index is 12.3. The Kier molecular flexibility index (Phi) is 5.50. The molecule has 5 nitrogen and oxygen atoms in total. The van der Waals surface area contributed by atoms with Gasteiger partial charge in [-0.2, -0.15) is 0 Å². The Hall–Kier alpha value is -2.18. The molecule has 0 spiro atoms. The predicted octanol–water partition coefficient (Wildman–Crippen LogP) is 4.00. The van der Waals surface area contributed by atoms with E-state index in [9.17, 15) is 4.79 Å². The first-order chi connectivity index (χ1) is 12.1. The minimum atomic E-state index is -0.0609. The van der Waals surface area contributed by atoms with E-state index in [2.05, 4.69) is 16.4 Å². The fraction of sp³-hybridized carbons (Fsp3) is 0.368. The van der Waals surface area contributed by atoms with Crippen LogP contribution in [0.2, 0.25) is 0 Å². The van der Waals surface area contributed by atoms with E-state index in [1.807, 2.05) is 38.1 Å². The molecule has 1 amide bonds. The Morgan fingerprint density at radius 1 is 1.24 bits per heavy atom. The maximum Gasteiger partial charge on any atom is 0.261 e. The highest BCUT2D eigenvalue weighted by atomic mass is 32.1. The van der Waals surface area contributed by atoms with E-state index in [1.54, 1.807) is 7.11 Å². The highest BCUT2D eigenvalue weighted by molar-refractivity contribution is 7.20. The van der Waals surface area contributed by atoms with E-state index in [4.69, 9.17) is 9.47 Å². The summed E-state index contributed by atoms with van der Waals surface area (Å²) in [6.07, 6.45) is 1.02. The van der Waals surface area contributed by atoms with Gasteiger partial charge in [0.25, 0.3) is 5.91 Å². The van der Waals surface area contributed by atoms with Gasteiger partial charge in [0.2, 0.25) is 0 Å². The molecular formula is C19H22N2O3S. The number of carbonyl (C=O) groups excluding carboxylic acids is 1. The lowest BCUT2D eigenvalue weighted by Gasteiger charge is -2.07. The van der Waals surface area contributed by atoms with E-state index < -0.39 is 0 Å². The predicted molar refractivity (Wildman–Crippen MR) is 102 cm³/mol. The van der Waals surface area contributed by atoms with Crippen molar-refractivity contribution in [2.75, 3.05) is 20.3 Å². The number of ether oxygens (including phenoxy) is 2. The maximum atomic E-state index is 12.3. The summed E-state index contributed by atoms with van der Waals surface area (Å²) >= 11 is 1.41. The Labute approximate surface area is 151 Å². The Morgan fingerprint density at radius 2 is 2.08 bits per heavy atom. The molecule has 132 valence electrons. The van der Waals surface area contributed by atoms with Crippen molar-refractivity contribution in [3.05, 3.63) is 35.2 Å². The average molecular weight is 358 g/mol. The van der Waals surface area contributed by atoms with E-state index in [0.29, 0.717) is 18.0 Å². The summed E-state index contributed by atoms with van der Waals surface area (Å²) in [6.45, 7) is 5.26. The van der Waals surface area contributed by atoms with Crippen molar-refractivity contribution in [2.24, 2.45) is 0 Å². The average Bonchev–Trinajstić information content (AvgIpc) is 3.01. The molecule has 1 N–H and O–H groups in total. The van der Waals surface area contributed by atoms with Gasteiger partial charge in [0.15, 0.2) is 0 Å². The van der Waals surface area contributed by atoms with E-state index in [1.165, 1.54) is 11.3 Å². The highest BCUT2D eigenvalue weighted by Crippen LogP contribution is 2.29. The molecule has 0 aliphatic rings. The van der Waals surface area contributed by atoms with Crippen LogP contribution in [-0.2, 0) is 4.74 Å². The summed E-state index contributed by atoms with van der Waals surface area (Å²) in [5, 5.41) is 4.95. The lowest BCUT2D eigenvalue weighted by molar-refractivity contribution is 0.0757. The summed E-state index contributed by atoms with van der Waals surface area (Å²) < 4.78 is 10.7. The molecule has 0 aliphatic carbocycles. The number of hydrogen-bond donors (Lipinski definition) is 1. The van der Waals surface area contributed by atoms with Crippen molar-refractivity contribution in [2.45, 2.75) is 26.4 Å². The second kappa shape index (κ2) is 7.80. The second-order valence-corrected chi connectivity index (χ2v) is 7.11. The third-order valence-corrected chi connectivity index (χ3v) is 4.84. The van der Waals surface area contributed by atoms with Crippen molar-refractivity contribution >= 4 is 38.4 Å². The number of pyridine rings is 1. The first kappa shape index (κ1) is 17.6. The normalized spacial score (nSPS) is 11.4. The van der Waals surface area contributed by atoms with Crippen LogP contribution in [0.1, 0.15) is 29.9 Å². The number of rotatable bonds is 7. The van der Waals surface area contributed by atoms with E-state index in [0.717, 1.165) is 33.3 Å². The first-order valence-electron chi connectivity index (χ1n) is 8.35. The number of nitrogens with zero attached hydrogens (tertiary/aromatic N) is 1. The number of methoxy groups -OCH3 is 1. The van der Waals surface area contributed by atoms with Crippen LogP contribution in [0.25, 0.3) is 21.1 Å². The molecule has 0 fully saturated rings. The van der Waals surface area contributed by atoms with Gasteiger partial charge >= 0.3 is 0 Å². The molecule has 1 aromatic carbocycles. The van der Waals surface area contributed by atoms with Gasteiger partial charge in [0.05, 0.1) is 23.6 Å². The molecule has 0 saturated carbocycles. The van der Waals surface area contributed by atoms with Gasteiger partial charge in [-0.3, -0.25) is 4.79 Å².